The smallest absolute Gasteiger partial charge is 0.274 e. The zero-order valence-electron chi connectivity index (χ0n) is 12.7. The highest BCUT2D eigenvalue weighted by atomic mass is 16.1. The SMILES string of the molecule is CC(C)(C)Nc1cc(C(=O)Nc2cccc(C#N)c2)ncn1. The quantitative estimate of drug-likeness (QED) is 0.908. The molecule has 6 heteroatoms. The standard InChI is InChI=1S/C16H17N5O/c1-16(2,3)21-14-8-13(18-10-19-14)15(22)20-12-6-4-5-11(7-12)9-17/h4-8,10H,1-3H3,(H,20,22)(H,18,19,21). The van der Waals surface area contributed by atoms with Crippen molar-refractivity contribution in [1.29, 1.82) is 5.26 Å². The number of benzene rings is 1. The van der Waals surface area contributed by atoms with E-state index in [4.69, 9.17) is 5.26 Å². The molecule has 0 fully saturated rings. The van der Waals surface area contributed by atoms with Gasteiger partial charge in [-0.1, -0.05) is 6.07 Å². The molecule has 1 aromatic heterocycles. The molecule has 6 nitrogen and oxygen atoms in total. The largest absolute Gasteiger partial charge is 0.365 e. The van der Waals surface area contributed by atoms with E-state index in [0.717, 1.165) is 0 Å². The maximum Gasteiger partial charge on any atom is 0.274 e. The van der Waals surface area contributed by atoms with Crippen molar-refractivity contribution >= 4 is 17.4 Å². The highest BCUT2D eigenvalue weighted by Crippen LogP contribution is 2.14. The summed E-state index contributed by atoms with van der Waals surface area (Å²) in [5.41, 5.74) is 1.12. The topological polar surface area (TPSA) is 90.7 Å². The lowest BCUT2D eigenvalue weighted by atomic mass is 10.1. The van der Waals surface area contributed by atoms with Crippen LogP contribution in [0, 0.1) is 11.3 Å². The van der Waals surface area contributed by atoms with E-state index in [0.29, 0.717) is 17.1 Å². The van der Waals surface area contributed by atoms with Gasteiger partial charge in [-0.3, -0.25) is 4.79 Å². The minimum Gasteiger partial charge on any atom is -0.365 e. The Labute approximate surface area is 129 Å². The normalized spacial score (nSPS) is 10.6. The number of carbonyl (C=O) groups excluding carboxylic acids is 1. The van der Waals surface area contributed by atoms with Crippen LogP contribution in [0.25, 0.3) is 0 Å². The Morgan fingerprint density at radius 1 is 1.23 bits per heavy atom. The summed E-state index contributed by atoms with van der Waals surface area (Å²) >= 11 is 0. The second-order valence-corrected chi connectivity index (χ2v) is 5.81. The number of rotatable bonds is 3. The van der Waals surface area contributed by atoms with E-state index in [2.05, 4.69) is 20.6 Å². The van der Waals surface area contributed by atoms with Gasteiger partial charge in [0, 0.05) is 17.3 Å². The fourth-order valence-electron chi connectivity index (χ4n) is 1.80. The third-order valence-electron chi connectivity index (χ3n) is 2.65. The number of amides is 1. The number of nitriles is 1. The van der Waals surface area contributed by atoms with Gasteiger partial charge in [-0.05, 0) is 39.0 Å². The third kappa shape index (κ3) is 4.28. The van der Waals surface area contributed by atoms with Crippen LogP contribution in [-0.4, -0.2) is 21.4 Å². The number of aromatic nitrogens is 2. The molecule has 0 spiro atoms. The summed E-state index contributed by atoms with van der Waals surface area (Å²) in [5, 5.41) is 14.8. The van der Waals surface area contributed by atoms with Crippen LogP contribution in [0.4, 0.5) is 11.5 Å². The molecule has 0 bridgehead atoms. The van der Waals surface area contributed by atoms with Gasteiger partial charge in [0.2, 0.25) is 0 Å². The Morgan fingerprint density at radius 2 is 2.00 bits per heavy atom. The van der Waals surface area contributed by atoms with E-state index in [1.807, 2.05) is 26.8 Å². The molecular weight excluding hydrogens is 278 g/mol. The number of carbonyl (C=O) groups is 1. The number of hydrogen-bond acceptors (Lipinski definition) is 5. The van der Waals surface area contributed by atoms with Crippen molar-refractivity contribution < 1.29 is 4.79 Å². The average molecular weight is 295 g/mol. The maximum absolute atomic E-state index is 12.2. The van der Waals surface area contributed by atoms with Gasteiger partial charge in [-0.25, -0.2) is 9.97 Å². The summed E-state index contributed by atoms with van der Waals surface area (Å²) in [4.78, 5) is 20.3. The molecular formula is C16H17N5O. The van der Waals surface area contributed by atoms with E-state index < -0.39 is 0 Å². The van der Waals surface area contributed by atoms with Crippen molar-refractivity contribution in [3.63, 3.8) is 0 Å². The zero-order valence-corrected chi connectivity index (χ0v) is 12.7. The molecule has 1 amide bonds. The zero-order chi connectivity index (χ0) is 16.2. The predicted octanol–water partition coefficient (Wildman–Crippen LogP) is 2.81. The first-order chi connectivity index (χ1) is 10.4. The molecule has 0 unspecified atom stereocenters. The van der Waals surface area contributed by atoms with Gasteiger partial charge in [0.25, 0.3) is 5.91 Å². The fourth-order valence-corrected chi connectivity index (χ4v) is 1.80. The van der Waals surface area contributed by atoms with Crippen molar-refractivity contribution in [2.24, 2.45) is 0 Å². The van der Waals surface area contributed by atoms with Gasteiger partial charge < -0.3 is 10.6 Å². The summed E-state index contributed by atoms with van der Waals surface area (Å²) in [7, 11) is 0. The van der Waals surface area contributed by atoms with Crippen LogP contribution < -0.4 is 10.6 Å². The number of anilines is 2. The molecule has 0 aliphatic heterocycles. The minimum atomic E-state index is -0.352. The Bertz CT molecular complexity index is 728. The molecule has 0 atom stereocenters. The molecule has 1 aromatic carbocycles. The number of hydrogen-bond donors (Lipinski definition) is 2. The summed E-state index contributed by atoms with van der Waals surface area (Å²) in [6.45, 7) is 6.01. The van der Waals surface area contributed by atoms with Crippen LogP contribution in [0.1, 0.15) is 36.8 Å². The van der Waals surface area contributed by atoms with Gasteiger partial charge in [0.05, 0.1) is 11.6 Å². The molecule has 112 valence electrons. The van der Waals surface area contributed by atoms with Crippen LogP contribution in [-0.2, 0) is 0 Å². The Balaban J connectivity index is 2.16. The number of nitrogens with zero attached hydrogens (tertiary/aromatic N) is 3. The highest BCUT2D eigenvalue weighted by Gasteiger charge is 2.13. The molecule has 1 heterocycles. The fraction of sp³-hybridized carbons (Fsp3) is 0.250. The van der Waals surface area contributed by atoms with E-state index in [1.54, 1.807) is 30.3 Å². The first-order valence-corrected chi connectivity index (χ1v) is 6.79. The van der Waals surface area contributed by atoms with Crippen molar-refractivity contribution in [2.45, 2.75) is 26.3 Å². The Kier molecular flexibility index (Phi) is 4.37. The molecule has 0 saturated carbocycles. The third-order valence-corrected chi connectivity index (χ3v) is 2.65. The van der Waals surface area contributed by atoms with E-state index in [1.165, 1.54) is 6.33 Å². The Hall–Kier alpha value is -2.94. The van der Waals surface area contributed by atoms with Gasteiger partial charge in [-0.2, -0.15) is 5.26 Å². The van der Waals surface area contributed by atoms with Gasteiger partial charge in [-0.15, -0.1) is 0 Å². The first-order valence-electron chi connectivity index (χ1n) is 6.79. The molecule has 22 heavy (non-hydrogen) atoms. The highest BCUT2D eigenvalue weighted by molar-refractivity contribution is 6.03. The van der Waals surface area contributed by atoms with Crippen molar-refractivity contribution in [1.82, 2.24) is 9.97 Å². The molecule has 0 radical (unpaired) electrons. The summed E-state index contributed by atoms with van der Waals surface area (Å²) in [5.74, 6) is 0.230. The van der Waals surface area contributed by atoms with Crippen LogP contribution in [0.15, 0.2) is 36.7 Å². The maximum atomic E-state index is 12.2. The van der Waals surface area contributed by atoms with Gasteiger partial charge in [0.15, 0.2) is 0 Å². The van der Waals surface area contributed by atoms with Crippen molar-refractivity contribution in [2.75, 3.05) is 10.6 Å². The van der Waals surface area contributed by atoms with Crippen molar-refractivity contribution in [3.05, 3.63) is 47.9 Å². The summed E-state index contributed by atoms with van der Waals surface area (Å²) in [6, 6.07) is 10.3. The Morgan fingerprint density at radius 3 is 2.68 bits per heavy atom. The molecule has 2 rings (SSSR count). The lowest BCUT2D eigenvalue weighted by molar-refractivity contribution is 0.102. The second kappa shape index (κ2) is 6.22. The molecule has 0 aliphatic rings. The molecule has 0 aliphatic carbocycles. The van der Waals surface area contributed by atoms with Crippen LogP contribution in [0.2, 0.25) is 0 Å². The van der Waals surface area contributed by atoms with E-state index in [9.17, 15) is 4.79 Å². The van der Waals surface area contributed by atoms with E-state index >= 15 is 0 Å². The van der Waals surface area contributed by atoms with Crippen LogP contribution in [0.3, 0.4) is 0 Å². The molecule has 0 saturated heterocycles. The predicted molar refractivity (Wildman–Crippen MR) is 84.5 cm³/mol. The lowest BCUT2D eigenvalue weighted by Crippen LogP contribution is -2.27. The van der Waals surface area contributed by atoms with E-state index in [-0.39, 0.29) is 17.1 Å². The number of nitrogens with one attached hydrogen (secondary N) is 2. The second-order valence-electron chi connectivity index (χ2n) is 5.81. The van der Waals surface area contributed by atoms with Crippen molar-refractivity contribution in [3.8, 4) is 6.07 Å². The molecule has 2 N–H and O–H groups in total. The summed E-state index contributed by atoms with van der Waals surface area (Å²) < 4.78 is 0. The monoisotopic (exact) mass is 295 g/mol. The molecule has 2 aromatic rings. The van der Waals surface area contributed by atoms with Crippen LogP contribution >= 0.6 is 0 Å². The van der Waals surface area contributed by atoms with Crippen LogP contribution in [0.5, 0.6) is 0 Å². The minimum absolute atomic E-state index is 0.163. The average Bonchev–Trinajstić information content (AvgIpc) is 2.46. The first kappa shape index (κ1) is 15.4. The van der Waals surface area contributed by atoms with Gasteiger partial charge >= 0.3 is 0 Å². The summed E-state index contributed by atoms with van der Waals surface area (Å²) in [6.07, 6.45) is 1.34. The van der Waals surface area contributed by atoms with Gasteiger partial charge in [0.1, 0.15) is 17.8 Å². The lowest BCUT2D eigenvalue weighted by Gasteiger charge is -2.21.